The zero-order valence-corrected chi connectivity index (χ0v) is 14.1. The molecule has 23 heavy (non-hydrogen) atoms. The summed E-state index contributed by atoms with van der Waals surface area (Å²) in [5.74, 6) is 1.47. The third-order valence-corrected chi connectivity index (χ3v) is 4.35. The Morgan fingerprint density at radius 1 is 1.00 bits per heavy atom. The van der Waals surface area contributed by atoms with Crippen molar-refractivity contribution in [1.29, 1.82) is 0 Å². The van der Waals surface area contributed by atoms with Crippen molar-refractivity contribution in [1.82, 2.24) is 19.6 Å². The highest BCUT2D eigenvalue weighted by atomic mass is 79.9. The minimum atomic E-state index is 0.583. The summed E-state index contributed by atoms with van der Waals surface area (Å²) in [6.07, 6.45) is 0. The molecule has 2 aromatic heterocycles. The number of anilines is 2. The van der Waals surface area contributed by atoms with E-state index in [2.05, 4.69) is 62.2 Å². The summed E-state index contributed by atoms with van der Waals surface area (Å²) in [5.41, 5.74) is 2.13. The average Bonchev–Trinajstić information content (AvgIpc) is 2.98. The minimum Gasteiger partial charge on any atom is -0.326 e. The molecule has 0 amide bonds. The van der Waals surface area contributed by atoms with Gasteiger partial charge in [0, 0.05) is 17.6 Å². The molecule has 5 nitrogen and oxygen atoms in total. The Labute approximate surface area is 141 Å². The Hall–Kier alpha value is -2.47. The molecule has 4 rings (SSSR count). The van der Waals surface area contributed by atoms with Gasteiger partial charge in [-0.25, -0.2) is 0 Å². The molecule has 2 aromatic carbocycles. The second-order valence-electron chi connectivity index (χ2n) is 5.14. The van der Waals surface area contributed by atoms with Crippen molar-refractivity contribution >= 4 is 44.1 Å². The first-order valence-corrected chi connectivity index (χ1v) is 8.21. The SMILES string of the molecule is CCN(c1ccccc1)c1nc2nnc(Br)n2c2ccccc12. The number of rotatable bonds is 3. The van der Waals surface area contributed by atoms with Crippen molar-refractivity contribution in [2.75, 3.05) is 11.4 Å². The minimum absolute atomic E-state index is 0.583. The topological polar surface area (TPSA) is 46.3 Å². The second-order valence-corrected chi connectivity index (χ2v) is 5.85. The van der Waals surface area contributed by atoms with Gasteiger partial charge in [-0.15, -0.1) is 10.2 Å². The van der Waals surface area contributed by atoms with Crippen LogP contribution in [0.2, 0.25) is 0 Å². The number of aromatic nitrogens is 4. The third kappa shape index (κ3) is 2.26. The molecule has 114 valence electrons. The fourth-order valence-electron chi connectivity index (χ4n) is 2.82. The molecular formula is C17H14BrN5. The lowest BCUT2D eigenvalue weighted by atomic mass is 10.2. The first kappa shape index (κ1) is 14.1. The summed E-state index contributed by atoms with van der Waals surface area (Å²) < 4.78 is 2.57. The van der Waals surface area contributed by atoms with Crippen LogP contribution in [0.5, 0.6) is 0 Å². The van der Waals surface area contributed by atoms with E-state index in [1.807, 2.05) is 34.7 Å². The highest BCUT2D eigenvalue weighted by molar-refractivity contribution is 9.10. The summed E-state index contributed by atoms with van der Waals surface area (Å²) in [4.78, 5) is 6.94. The van der Waals surface area contributed by atoms with Crippen LogP contribution >= 0.6 is 15.9 Å². The normalized spacial score (nSPS) is 11.2. The standard InChI is InChI=1S/C17H14BrN5/c1-2-22(12-8-4-3-5-9-12)15-13-10-6-7-11-14(13)23-16(18)20-21-17(23)19-15/h3-11H,2H2,1H3. The number of halogens is 1. The second kappa shape index (κ2) is 5.62. The average molecular weight is 368 g/mol. The lowest BCUT2D eigenvalue weighted by Crippen LogP contribution is -2.18. The highest BCUT2D eigenvalue weighted by Gasteiger charge is 2.17. The number of nitrogens with zero attached hydrogens (tertiary/aromatic N) is 5. The number of hydrogen-bond acceptors (Lipinski definition) is 4. The molecule has 6 heteroatoms. The zero-order valence-electron chi connectivity index (χ0n) is 12.5. The Morgan fingerprint density at radius 3 is 2.52 bits per heavy atom. The molecule has 0 saturated carbocycles. The van der Waals surface area contributed by atoms with Crippen LogP contribution in [0.1, 0.15) is 6.92 Å². The molecule has 0 bridgehead atoms. The predicted molar refractivity (Wildman–Crippen MR) is 95.1 cm³/mol. The summed E-state index contributed by atoms with van der Waals surface area (Å²) in [7, 11) is 0. The van der Waals surface area contributed by atoms with Crippen molar-refractivity contribution in [3.8, 4) is 0 Å². The molecular weight excluding hydrogens is 354 g/mol. The van der Waals surface area contributed by atoms with Gasteiger partial charge in [-0.3, -0.25) is 4.40 Å². The lowest BCUT2D eigenvalue weighted by molar-refractivity contribution is 0.989. The van der Waals surface area contributed by atoms with Gasteiger partial charge in [-0.2, -0.15) is 4.98 Å². The maximum Gasteiger partial charge on any atom is 0.258 e. The van der Waals surface area contributed by atoms with E-state index in [-0.39, 0.29) is 0 Å². The van der Waals surface area contributed by atoms with Gasteiger partial charge in [0.05, 0.1) is 5.52 Å². The lowest BCUT2D eigenvalue weighted by Gasteiger charge is -2.23. The van der Waals surface area contributed by atoms with E-state index in [4.69, 9.17) is 4.98 Å². The summed E-state index contributed by atoms with van der Waals surface area (Å²) >= 11 is 3.45. The number of hydrogen-bond donors (Lipinski definition) is 0. The molecule has 0 aliphatic rings. The number of para-hydroxylation sites is 2. The van der Waals surface area contributed by atoms with Crippen molar-refractivity contribution in [2.24, 2.45) is 0 Å². The van der Waals surface area contributed by atoms with E-state index < -0.39 is 0 Å². The van der Waals surface area contributed by atoms with Gasteiger partial charge in [0.2, 0.25) is 4.73 Å². The van der Waals surface area contributed by atoms with Gasteiger partial charge in [-0.05, 0) is 47.1 Å². The highest BCUT2D eigenvalue weighted by Crippen LogP contribution is 2.31. The molecule has 0 N–H and O–H groups in total. The Kier molecular flexibility index (Phi) is 3.46. The van der Waals surface area contributed by atoms with E-state index >= 15 is 0 Å². The summed E-state index contributed by atoms with van der Waals surface area (Å²) in [5, 5.41) is 9.32. The largest absolute Gasteiger partial charge is 0.326 e. The molecule has 2 heterocycles. The summed E-state index contributed by atoms with van der Waals surface area (Å²) in [6.45, 7) is 2.93. The zero-order chi connectivity index (χ0) is 15.8. The number of fused-ring (bicyclic) bond motifs is 3. The van der Waals surface area contributed by atoms with Gasteiger partial charge >= 0.3 is 0 Å². The van der Waals surface area contributed by atoms with Crippen molar-refractivity contribution in [2.45, 2.75) is 6.92 Å². The van der Waals surface area contributed by atoms with Crippen LogP contribution in [0.25, 0.3) is 16.7 Å². The van der Waals surface area contributed by atoms with Gasteiger partial charge in [0.25, 0.3) is 5.78 Å². The molecule has 0 spiro atoms. The van der Waals surface area contributed by atoms with Crippen LogP contribution in [0, 0.1) is 0 Å². The molecule has 0 fully saturated rings. The molecule has 0 aliphatic carbocycles. The fourth-order valence-corrected chi connectivity index (χ4v) is 3.25. The van der Waals surface area contributed by atoms with E-state index in [1.54, 1.807) is 0 Å². The molecule has 0 aliphatic heterocycles. The Morgan fingerprint density at radius 2 is 1.74 bits per heavy atom. The molecule has 4 aromatic rings. The van der Waals surface area contributed by atoms with Gasteiger partial charge in [0.15, 0.2) is 0 Å². The maximum atomic E-state index is 4.76. The number of benzene rings is 2. The first-order valence-electron chi connectivity index (χ1n) is 7.41. The van der Waals surface area contributed by atoms with E-state index in [0.29, 0.717) is 10.5 Å². The fraction of sp³-hybridized carbons (Fsp3) is 0.118. The van der Waals surface area contributed by atoms with Gasteiger partial charge in [-0.1, -0.05) is 30.3 Å². The summed E-state index contributed by atoms with van der Waals surface area (Å²) in [6, 6.07) is 18.4. The molecule has 0 atom stereocenters. The predicted octanol–water partition coefficient (Wildman–Crippen LogP) is 4.20. The van der Waals surface area contributed by atoms with Crippen molar-refractivity contribution < 1.29 is 0 Å². The quantitative estimate of drug-likeness (QED) is 0.544. The van der Waals surface area contributed by atoms with Gasteiger partial charge < -0.3 is 4.90 Å². The van der Waals surface area contributed by atoms with Crippen LogP contribution in [-0.2, 0) is 0 Å². The van der Waals surface area contributed by atoms with Crippen LogP contribution in [0.4, 0.5) is 11.5 Å². The van der Waals surface area contributed by atoms with E-state index in [1.165, 1.54) is 0 Å². The smallest absolute Gasteiger partial charge is 0.258 e. The Balaban J connectivity index is 2.05. The van der Waals surface area contributed by atoms with E-state index in [0.717, 1.165) is 29.0 Å². The van der Waals surface area contributed by atoms with Crippen LogP contribution in [-0.4, -0.2) is 26.1 Å². The van der Waals surface area contributed by atoms with Gasteiger partial charge in [0.1, 0.15) is 5.82 Å². The van der Waals surface area contributed by atoms with Crippen LogP contribution in [0.15, 0.2) is 59.3 Å². The van der Waals surface area contributed by atoms with E-state index in [9.17, 15) is 0 Å². The van der Waals surface area contributed by atoms with Crippen LogP contribution < -0.4 is 4.90 Å². The molecule has 0 radical (unpaired) electrons. The first-order chi connectivity index (χ1) is 11.3. The molecule has 0 saturated heterocycles. The third-order valence-electron chi connectivity index (χ3n) is 3.84. The maximum absolute atomic E-state index is 4.76. The van der Waals surface area contributed by atoms with Crippen molar-refractivity contribution in [3.05, 3.63) is 59.3 Å². The monoisotopic (exact) mass is 367 g/mol. The molecule has 0 unspecified atom stereocenters. The van der Waals surface area contributed by atoms with Crippen LogP contribution in [0.3, 0.4) is 0 Å². The van der Waals surface area contributed by atoms with Crippen molar-refractivity contribution in [3.63, 3.8) is 0 Å². The Bertz CT molecular complexity index is 980.